The van der Waals surface area contributed by atoms with Crippen molar-refractivity contribution in [3.05, 3.63) is 46.7 Å². The number of rotatable bonds is 7. The summed E-state index contributed by atoms with van der Waals surface area (Å²) in [6, 6.07) is 12.5. The average molecular weight is 289 g/mol. The van der Waals surface area contributed by atoms with E-state index in [9.17, 15) is 4.79 Å². The molecule has 0 aliphatic rings. The quantitative estimate of drug-likeness (QED) is 0.626. The molecule has 2 aromatic rings. The number of ether oxygens (including phenoxy) is 1. The van der Waals surface area contributed by atoms with E-state index in [4.69, 9.17) is 4.74 Å². The SMILES string of the molecule is CCOC(=O)CCNCc1cc(-c2ccccc2)cs1. The third kappa shape index (κ3) is 4.47. The first-order valence-corrected chi connectivity index (χ1v) is 7.66. The predicted molar refractivity (Wildman–Crippen MR) is 82.7 cm³/mol. The van der Waals surface area contributed by atoms with Crippen molar-refractivity contribution in [2.45, 2.75) is 19.9 Å². The van der Waals surface area contributed by atoms with Gasteiger partial charge in [-0.15, -0.1) is 11.3 Å². The van der Waals surface area contributed by atoms with Gasteiger partial charge < -0.3 is 10.1 Å². The lowest BCUT2D eigenvalue weighted by Gasteiger charge is -2.03. The molecule has 0 saturated carbocycles. The zero-order valence-corrected chi connectivity index (χ0v) is 12.4. The normalized spacial score (nSPS) is 10.4. The lowest BCUT2D eigenvalue weighted by Crippen LogP contribution is -2.18. The third-order valence-corrected chi connectivity index (χ3v) is 3.81. The molecule has 4 heteroatoms. The van der Waals surface area contributed by atoms with Crippen LogP contribution in [0.5, 0.6) is 0 Å². The van der Waals surface area contributed by atoms with Crippen LogP contribution in [0.2, 0.25) is 0 Å². The van der Waals surface area contributed by atoms with Crippen LogP contribution in [-0.2, 0) is 16.1 Å². The van der Waals surface area contributed by atoms with Crippen LogP contribution in [0.4, 0.5) is 0 Å². The van der Waals surface area contributed by atoms with E-state index in [0.29, 0.717) is 19.6 Å². The van der Waals surface area contributed by atoms with Crippen molar-refractivity contribution in [3.8, 4) is 11.1 Å². The second-order valence-electron chi connectivity index (χ2n) is 4.40. The summed E-state index contributed by atoms with van der Waals surface area (Å²) in [5, 5.41) is 5.43. The average Bonchev–Trinajstić information content (AvgIpc) is 2.94. The molecule has 106 valence electrons. The Balaban J connectivity index is 1.78. The van der Waals surface area contributed by atoms with Crippen LogP contribution in [0.15, 0.2) is 41.8 Å². The molecule has 0 fully saturated rings. The molecule has 1 aromatic heterocycles. The minimum Gasteiger partial charge on any atom is -0.466 e. The van der Waals surface area contributed by atoms with Crippen molar-refractivity contribution in [3.63, 3.8) is 0 Å². The molecule has 20 heavy (non-hydrogen) atoms. The fourth-order valence-corrected chi connectivity index (χ4v) is 2.75. The van der Waals surface area contributed by atoms with E-state index in [-0.39, 0.29) is 5.97 Å². The fourth-order valence-electron chi connectivity index (χ4n) is 1.89. The van der Waals surface area contributed by atoms with Gasteiger partial charge in [-0.1, -0.05) is 30.3 Å². The van der Waals surface area contributed by atoms with E-state index in [1.807, 2.05) is 25.1 Å². The summed E-state index contributed by atoms with van der Waals surface area (Å²) < 4.78 is 4.88. The Labute approximate surface area is 123 Å². The molecule has 1 N–H and O–H groups in total. The summed E-state index contributed by atoms with van der Waals surface area (Å²) in [5.74, 6) is -0.142. The van der Waals surface area contributed by atoms with Crippen LogP contribution in [-0.4, -0.2) is 19.1 Å². The molecule has 0 aliphatic carbocycles. The minimum absolute atomic E-state index is 0.142. The summed E-state index contributed by atoms with van der Waals surface area (Å²) in [5.41, 5.74) is 2.49. The monoisotopic (exact) mass is 289 g/mol. The van der Waals surface area contributed by atoms with E-state index in [1.165, 1.54) is 16.0 Å². The van der Waals surface area contributed by atoms with Crippen molar-refractivity contribution in [1.29, 1.82) is 0 Å². The maximum Gasteiger partial charge on any atom is 0.307 e. The van der Waals surface area contributed by atoms with E-state index < -0.39 is 0 Å². The number of carbonyl (C=O) groups is 1. The fraction of sp³-hybridized carbons (Fsp3) is 0.312. The number of hydrogen-bond donors (Lipinski definition) is 1. The van der Waals surface area contributed by atoms with E-state index >= 15 is 0 Å². The Kier molecular flexibility index (Phi) is 5.77. The van der Waals surface area contributed by atoms with Gasteiger partial charge in [-0.05, 0) is 29.5 Å². The van der Waals surface area contributed by atoms with E-state index in [0.717, 1.165) is 6.54 Å². The topological polar surface area (TPSA) is 38.3 Å². The van der Waals surface area contributed by atoms with Gasteiger partial charge in [0.05, 0.1) is 13.0 Å². The molecular weight excluding hydrogens is 270 g/mol. The minimum atomic E-state index is -0.142. The number of nitrogens with one attached hydrogen (secondary N) is 1. The summed E-state index contributed by atoms with van der Waals surface area (Å²) in [7, 11) is 0. The standard InChI is InChI=1S/C16H19NO2S/c1-2-19-16(18)8-9-17-11-15-10-14(12-20-15)13-6-4-3-5-7-13/h3-7,10,12,17H,2,8-9,11H2,1H3. The maximum absolute atomic E-state index is 11.2. The van der Waals surface area contributed by atoms with Gasteiger partial charge >= 0.3 is 5.97 Å². The second-order valence-corrected chi connectivity index (χ2v) is 5.40. The molecule has 0 atom stereocenters. The van der Waals surface area contributed by atoms with Crippen LogP contribution in [0, 0.1) is 0 Å². The van der Waals surface area contributed by atoms with Gasteiger partial charge in [-0.2, -0.15) is 0 Å². The molecule has 3 nitrogen and oxygen atoms in total. The lowest BCUT2D eigenvalue weighted by molar-refractivity contribution is -0.142. The second kappa shape index (κ2) is 7.82. The first-order chi connectivity index (χ1) is 9.79. The highest BCUT2D eigenvalue weighted by atomic mass is 32.1. The van der Waals surface area contributed by atoms with Crippen LogP contribution in [0.25, 0.3) is 11.1 Å². The van der Waals surface area contributed by atoms with Gasteiger partial charge in [-0.25, -0.2) is 0 Å². The van der Waals surface area contributed by atoms with Crippen LogP contribution >= 0.6 is 11.3 Å². The van der Waals surface area contributed by atoms with Crippen molar-refractivity contribution in [1.82, 2.24) is 5.32 Å². The molecule has 0 bridgehead atoms. The van der Waals surface area contributed by atoms with Crippen LogP contribution < -0.4 is 5.32 Å². The van der Waals surface area contributed by atoms with Crippen molar-refractivity contribution < 1.29 is 9.53 Å². The van der Waals surface area contributed by atoms with Gasteiger partial charge in [0.2, 0.25) is 0 Å². The van der Waals surface area contributed by atoms with Crippen LogP contribution in [0.3, 0.4) is 0 Å². The van der Waals surface area contributed by atoms with E-state index in [2.05, 4.69) is 28.9 Å². The molecule has 0 spiro atoms. The number of carbonyl (C=O) groups excluding carboxylic acids is 1. The van der Waals surface area contributed by atoms with Crippen molar-refractivity contribution in [2.24, 2.45) is 0 Å². The molecule has 0 unspecified atom stereocenters. The number of thiophene rings is 1. The smallest absolute Gasteiger partial charge is 0.307 e. The predicted octanol–water partition coefficient (Wildman–Crippen LogP) is 3.46. The van der Waals surface area contributed by atoms with Crippen molar-refractivity contribution in [2.75, 3.05) is 13.2 Å². The molecular formula is C16H19NO2S. The van der Waals surface area contributed by atoms with Gasteiger partial charge in [0.1, 0.15) is 0 Å². The summed E-state index contributed by atoms with van der Waals surface area (Å²) in [4.78, 5) is 12.5. The first kappa shape index (κ1) is 14.8. The Morgan fingerprint density at radius 1 is 1.25 bits per heavy atom. The number of hydrogen-bond acceptors (Lipinski definition) is 4. The molecule has 0 radical (unpaired) electrons. The zero-order valence-electron chi connectivity index (χ0n) is 11.6. The molecule has 2 rings (SSSR count). The molecule has 0 amide bonds. The van der Waals surface area contributed by atoms with Gasteiger partial charge in [0, 0.05) is 18.0 Å². The highest BCUT2D eigenvalue weighted by molar-refractivity contribution is 7.10. The molecule has 0 aliphatic heterocycles. The summed E-state index contributed by atoms with van der Waals surface area (Å²) >= 11 is 1.73. The zero-order chi connectivity index (χ0) is 14.2. The Morgan fingerprint density at radius 3 is 2.80 bits per heavy atom. The molecule has 1 aromatic carbocycles. The van der Waals surface area contributed by atoms with Gasteiger partial charge in [0.15, 0.2) is 0 Å². The first-order valence-electron chi connectivity index (χ1n) is 6.78. The Hall–Kier alpha value is -1.65. The highest BCUT2D eigenvalue weighted by Crippen LogP contribution is 2.25. The lowest BCUT2D eigenvalue weighted by atomic mass is 10.1. The van der Waals surface area contributed by atoms with Crippen molar-refractivity contribution >= 4 is 17.3 Å². The van der Waals surface area contributed by atoms with Crippen LogP contribution in [0.1, 0.15) is 18.2 Å². The summed E-state index contributed by atoms with van der Waals surface area (Å²) in [6.45, 7) is 3.71. The van der Waals surface area contributed by atoms with Gasteiger partial charge in [0.25, 0.3) is 0 Å². The number of esters is 1. The van der Waals surface area contributed by atoms with E-state index in [1.54, 1.807) is 11.3 Å². The Bertz CT molecular complexity index is 536. The highest BCUT2D eigenvalue weighted by Gasteiger charge is 2.03. The molecule has 0 saturated heterocycles. The Morgan fingerprint density at radius 2 is 2.05 bits per heavy atom. The van der Waals surface area contributed by atoms with Gasteiger partial charge in [-0.3, -0.25) is 4.79 Å². The maximum atomic E-state index is 11.2. The summed E-state index contributed by atoms with van der Waals surface area (Å²) in [6.07, 6.45) is 0.421. The molecule has 1 heterocycles. The third-order valence-electron chi connectivity index (χ3n) is 2.87. The largest absolute Gasteiger partial charge is 0.466 e. The number of benzene rings is 1.